The van der Waals surface area contributed by atoms with Gasteiger partial charge in [-0.25, -0.2) is 4.79 Å². The Hall–Kier alpha value is -0.640. The molecular weight excluding hydrogens is 171 g/mol. The van der Waals surface area contributed by atoms with E-state index in [1.165, 1.54) is 0 Å². The summed E-state index contributed by atoms with van der Waals surface area (Å²) in [6.45, 7) is 3.06. The molecule has 0 aliphatic rings. The van der Waals surface area contributed by atoms with Crippen molar-refractivity contribution in [3.05, 3.63) is 11.9 Å². The smallest absolute Gasteiger partial charge is 0.367 e. The van der Waals surface area contributed by atoms with E-state index >= 15 is 0 Å². The van der Waals surface area contributed by atoms with Crippen molar-refractivity contribution in [1.82, 2.24) is 0 Å². The van der Waals surface area contributed by atoms with E-state index in [9.17, 15) is 9.36 Å². The van der Waals surface area contributed by atoms with Crippen LogP contribution in [0.1, 0.15) is 0 Å². The van der Waals surface area contributed by atoms with Gasteiger partial charge in [-0.1, -0.05) is 6.58 Å². The molecule has 0 unspecified atom stereocenters. The van der Waals surface area contributed by atoms with E-state index in [0.29, 0.717) is 0 Å². The zero-order valence-electron chi connectivity index (χ0n) is 6.23. The van der Waals surface area contributed by atoms with E-state index in [2.05, 4.69) is 15.6 Å². The van der Waals surface area contributed by atoms with Crippen molar-refractivity contribution >= 4 is 13.6 Å². The number of hydrogen-bond acceptors (Lipinski definition) is 4. The van der Waals surface area contributed by atoms with Crippen LogP contribution in [0.5, 0.6) is 0 Å². The second kappa shape index (κ2) is 3.67. The fraction of sp³-hybridized carbons (Fsp3) is 0.400. The van der Waals surface area contributed by atoms with Crippen molar-refractivity contribution in [1.29, 1.82) is 0 Å². The first-order valence-corrected chi connectivity index (χ1v) is 4.16. The summed E-state index contributed by atoms with van der Waals surface area (Å²) in [6, 6.07) is 0. The van der Waals surface area contributed by atoms with Gasteiger partial charge in [0.1, 0.15) is 5.31 Å². The van der Waals surface area contributed by atoms with Crippen LogP contribution in [0.3, 0.4) is 0 Å². The molecule has 0 aliphatic heterocycles. The first-order valence-electron chi connectivity index (χ1n) is 2.62. The van der Waals surface area contributed by atoms with Crippen LogP contribution in [0.15, 0.2) is 11.9 Å². The van der Waals surface area contributed by atoms with Gasteiger partial charge < -0.3 is 14.2 Å². The van der Waals surface area contributed by atoms with Gasteiger partial charge in [0.15, 0.2) is 0 Å². The number of carboxylic acids is 1. The van der Waals surface area contributed by atoms with Gasteiger partial charge >= 0.3 is 13.6 Å². The Morgan fingerprint density at radius 2 is 1.82 bits per heavy atom. The van der Waals surface area contributed by atoms with Crippen molar-refractivity contribution < 1.29 is 23.5 Å². The van der Waals surface area contributed by atoms with Crippen LogP contribution in [0.4, 0.5) is 0 Å². The molecule has 64 valence electrons. The van der Waals surface area contributed by atoms with Crippen LogP contribution >= 0.6 is 7.60 Å². The first kappa shape index (κ1) is 10.4. The van der Waals surface area contributed by atoms with Crippen LogP contribution in [0.25, 0.3) is 0 Å². The fourth-order valence-electron chi connectivity index (χ4n) is 0.412. The van der Waals surface area contributed by atoms with E-state index < -0.39 is 18.9 Å². The third-order valence-electron chi connectivity index (χ3n) is 1.06. The molecule has 0 aromatic heterocycles. The predicted molar refractivity (Wildman–Crippen MR) is 38.4 cm³/mol. The van der Waals surface area contributed by atoms with Gasteiger partial charge in [-0.15, -0.1) is 0 Å². The Labute approximate surface area is 64.2 Å². The van der Waals surface area contributed by atoms with Crippen LogP contribution in [-0.4, -0.2) is 25.3 Å². The maximum atomic E-state index is 11.2. The van der Waals surface area contributed by atoms with Crippen molar-refractivity contribution in [2.75, 3.05) is 14.2 Å². The minimum absolute atomic E-state index is 0.567. The molecule has 0 spiro atoms. The largest absolute Gasteiger partial charge is 0.477 e. The van der Waals surface area contributed by atoms with E-state index in [1.807, 2.05) is 0 Å². The molecule has 0 atom stereocenters. The molecule has 0 heterocycles. The highest BCUT2D eigenvalue weighted by molar-refractivity contribution is 7.59. The molecule has 0 saturated heterocycles. The van der Waals surface area contributed by atoms with E-state index in [1.54, 1.807) is 0 Å². The fourth-order valence-corrected chi connectivity index (χ4v) is 1.24. The highest BCUT2D eigenvalue weighted by Gasteiger charge is 2.30. The average Bonchev–Trinajstić information content (AvgIpc) is 2.01. The number of rotatable bonds is 4. The lowest BCUT2D eigenvalue weighted by Gasteiger charge is -2.11. The van der Waals surface area contributed by atoms with E-state index in [4.69, 9.17) is 5.11 Å². The Bertz CT molecular complexity index is 213. The van der Waals surface area contributed by atoms with Gasteiger partial charge in [0, 0.05) is 14.2 Å². The van der Waals surface area contributed by atoms with Crippen molar-refractivity contribution in [3.63, 3.8) is 0 Å². The summed E-state index contributed by atoms with van der Waals surface area (Å²) in [4.78, 5) is 10.2. The highest BCUT2D eigenvalue weighted by atomic mass is 31.2. The van der Waals surface area contributed by atoms with Crippen molar-refractivity contribution in [3.8, 4) is 0 Å². The molecule has 0 amide bonds. The number of carboxylic acid groups (broad SMARTS) is 1. The molecule has 0 saturated carbocycles. The second-order valence-electron chi connectivity index (χ2n) is 1.61. The molecule has 0 bridgehead atoms. The molecule has 0 fully saturated rings. The topological polar surface area (TPSA) is 72.8 Å². The minimum Gasteiger partial charge on any atom is -0.477 e. The summed E-state index contributed by atoms with van der Waals surface area (Å²) in [6.07, 6.45) is 0. The SMILES string of the molecule is C=C(C(=O)O)P(=O)(OC)OC. The second-order valence-corrected chi connectivity index (χ2v) is 3.88. The predicted octanol–water partition coefficient (Wildman–Crippen LogP) is 1.07. The lowest BCUT2D eigenvalue weighted by atomic mass is 10.7. The number of carbonyl (C=O) groups is 1. The van der Waals surface area contributed by atoms with Crippen molar-refractivity contribution in [2.24, 2.45) is 0 Å². The summed E-state index contributed by atoms with van der Waals surface area (Å²) in [5, 5.41) is 7.78. The van der Waals surface area contributed by atoms with Gasteiger partial charge in [-0.05, 0) is 0 Å². The standard InChI is InChI=1S/C5H9O5P/c1-4(5(6)7)11(8,9-2)10-3/h1H2,2-3H3,(H,6,7). The normalized spacial score (nSPS) is 11.1. The number of hydrogen-bond donors (Lipinski definition) is 1. The summed E-state index contributed by atoms with van der Waals surface area (Å²) < 4.78 is 19.9. The monoisotopic (exact) mass is 180 g/mol. The van der Waals surface area contributed by atoms with E-state index in [-0.39, 0.29) is 0 Å². The Morgan fingerprint density at radius 1 is 1.45 bits per heavy atom. The zero-order valence-corrected chi connectivity index (χ0v) is 7.13. The van der Waals surface area contributed by atoms with Crippen LogP contribution in [0.2, 0.25) is 0 Å². The molecular formula is C5H9O5P. The first-order chi connectivity index (χ1) is 4.98. The maximum Gasteiger partial charge on any atom is 0.367 e. The summed E-state index contributed by atoms with van der Waals surface area (Å²) in [5.41, 5.74) is 0. The summed E-state index contributed by atoms with van der Waals surface area (Å²) >= 11 is 0. The lowest BCUT2D eigenvalue weighted by molar-refractivity contribution is -0.132. The van der Waals surface area contributed by atoms with Gasteiger partial charge in [0.2, 0.25) is 0 Å². The maximum absolute atomic E-state index is 11.2. The highest BCUT2D eigenvalue weighted by Crippen LogP contribution is 2.53. The number of aliphatic carboxylic acids is 1. The van der Waals surface area contributed by atoms with Crippen LogP contribution < -0.4 is 0 Å². The quantitative estimate of drug-likeness (QED) is 0.517. The Morgan fingerprint density at radius 3 is 1.91 bits per heavy atom. The molecule has 1 N–H and O–H groups in total. The van der Waals surface area contributed by atoms with Gasteiger partial charge in [0.25, 0.3) is 0 Å². The average molecular weight is 180 g/mol. The molecule has 6 heteroatoms. The molecule has 11 heavy (non-hydrogen) atoms. The third-order valence-corrected chi connectivity index (χ3v) is 2.87. The molecule has 5 nitrogen and oxygen atoms in total. The van der Waals surface area contributed by atoms with Gasteiger partial charge in [-0.2, -0.15) is 0 Å². The van der Waals surface area contributed by atoms with Gasteiger partial charge in [0.05, 0.1) is 0 Å². The minimum atomic E-state index is -3.62. The van der Waals surface area contributed by atoms with E-state index in [0.717, 1.165) is 14.2 Å². The molecule has 0 aromatic carbocycles. The third kappa shape index (κ3) is 2.15. The summed E-state index contributed by atoms with van der Waals surface area (Å²) in [5.74, 6) is -1.39. The summed E-state index contributed by atoms with van der Waals surface area (Å²) in [7, 11) is -1.43. The van der Waals surface area contributed by atoms with Gasteiger partial charge in [-0.3, -0.25) is 4.57 Å². The molecule has 0 radical (unpaired) electrons. The van der Waals surface area contributed by atoms with Crippen LogP contribution in [0, 0.1) is 0 Å². The Balaban J connectivity index is 4.66. The molecule has 0 rings (SSSR count). The Kier molecular flexibility index (Phi) is 3.45. The molecule has 0 aliphatic carbocycles. The van der Waals surface area contributed by atoms with Crippen LogP contribution in [-0.2, 0) is 18.4 Å². The lowest BCUT2D eigenvalue weighted by Crippen LogP contribution is -2.02. The molecule has 0 aromatic rings. The van der Waals surface area contributed by atoms with Crippen molar-refractivity contribution in [2.45, 2.75) is 0 Å². The zero-order chi connectivity index (χ0) is 9.07.